The molecule has 0 saturated carbocycles. The number of thiophene rings is 1. The zero-order valence-electron chi connectivity index (χ0n) is 28.4. The van der Waals surface area contributed by atoms with Crippen LogP contribution in [0.3, 0.4) is 0 Å². The van der Waals surface area contributed by atoms with Gasteiger partial charge < -0.3 is 0 Å². The summed E-state index contributed by atoms with van der Waals surface area (Å²) in [6.45, 7) is 0. The van der Waals surface area contributed by atoms with E-state index in [0.29, 0.717) is 17.5 Å². The Labute approximate surface area is 308 Å². The molecule has 11 rings (SSSR count). The normalized spacial score (nSPS) is 11.8. The van der Waals surface area contributed by atoms with Gasteiger partial charge in [0.25, 0.3) is 0 Å². The van der Waals surface area contributed by atoms with Crippen molar-refractivity contribution in [2.75, 3.05) is 0 Å². The quantitative estimate of drug-likeness (QED) is 0.172. The van der Waals surface area contributed by atoms with E-state index in [2.05, 4.69) is 132 Å². The lowest BCUT2D eigenvalue weighted by Gasteiger charge is -2.12. The summed E-state index contributed by atoms with van der Waals surface area (Å²) >= 11 is 1.86. The predicted octanol–water partition coefficient (Wildman–Crippen LogP) is 12.9. The minimum absolute atomic E-state index is 0.631. The van der Waals surface area contributed by atoms with Gasteiger partial charge in [-0.25, -0.2) is 15.0 Å². The van der Waals surface area contributed by atoms with E-state index in [9.17, 15) is 0 Å². The zero-order valence-corrected chi connectivity index (χ0v) is 29.2. The molecular weight excluding hydrogens is 665 g/mol. The van der Waals surface area contributed by atoms with Crippen LogP contribution in [0, 0.1) is 0 Å². The Hall–Kier alpha value is -6.82. The van der Waals surface area contributed by atoms with E-state index in [1.165, 1.54) is 57.9 Å². The highest BCUT2D eigenvalue weighted by Crippen LogP contribution is 2.47. The van der Waals surface area contributed by atoms with Gasteiger partial charge in [-0.05, 0) is 55.9 Å². The molecule has 0 aliphatic rings. The number of nitrogens with zero attached hydrogens (tertiary/aromatic N) is 4. The monoisotopic (exact) mass is 692 g/mol. The van der Waals surface area contributed by atoms with Gasteiger partial charge in [-0.15, -0.1) is 11.3 Å². The molecule has 0 atom stereocenters. The van der Waals surface area contributed by atoms with Crippen LogP contribution in [0.2, 0.25) is 0 Å². The first-order valence-corrected chi connectivity index (χ1v) is 18.5. The first-order chi connectivity index (χ1) is 26.3. The number of rotatable bonds is 4. The Morgan fingerprint density at radius 1 is 0.358 bits per heavy atom. The van der Waals surface area contributed by atoms with Gasteiger partial charge in [0.1, 0.15) is 0 Å². The maximum absolute atomic E-state index is 5.20. The van der Waals surface area contributed by atoms with Crippen LogP contribution in [0.15, 0.2) is 170 Å². The molecule has 5 heteroatoms. The third-order valence-corrected chi connectivity index (χ3v) is 11.5. The molecule has 0 spiro atoms. The summed E-state index contributed by atoms with van der Waals surface area (Å²) in [6, 6.07) is 57.7. The van der Waals surface area contributed by atoms with Crippen molar-refractivity contribution >= 4 is 74.6 Å². The number of hydrogen-bond acceptors (Lipinski definition) is 5. The van der Waals surface area contributed by atoms with Gasteiger partial charge in [0, 0.05) is 54.0 Å². The van der Waals surface area contributed by atoms with Gasteiger partial charge in [0.2, 0.25) is 0 Å². The van der Waals surface area contributed by atoms with Crippen molar-refractivity contribution in [3.63, 3.8) is 0 Å². The second-order valence-corrected chi connectivity index (χ2v) is 14.4. The van der Waals surface area contributed by atoms with E-state index in [-0.39, 0.29) is 0 Å². The third kappa shape index (κ3) is 4.75. The summed E-state index contributed by atoms with van der Waals surface area (Å²) in [5.41, 5.74) is 4.83. The van der Waals surface area contributed by atoms with Crippen LogP contribution in [0.25, 0.3) is 109 Å². The molecule has 0 N–H and O–H groups in total. The first kappa shape index (κ1) is 29.9. The van der Waals surface area contributed by atoms with Crippen LogP contribution in [0.4, 0.5) is 0 Å². The smallest absolute Gasteiger partial charge is 0.164 e. The number of benzene rings is 8. The SMILES string of the molecule is c1ccc(-c2nc(-c3ccc(-c4ccccn4)cc3)nc(-c3cc4sc5c(ccc6c7ccccc7c7ccccc7c65)c4c4ccccc34)n2)cc1. The summed E-state index contributed by atoms with van der Waals surface area (Å²) in [4.78, 5) is 19.9. The molecule has 11 aromatic rings. The van der Waals surface area contributed by atoms with Crippen LogP contribution in [0.5, 0.6) is 0 Å². The summed E-state index contributed by atoms with van der Waals surface area (Å²) in [5.74, 6) is 1.93. The fourth-order valence-electron chi connectivity index (χ4n) is 7.93. The van der Waals surface area contributed by atoms with Crippen molar-refractivity contribution in [2.24, 2.45) is 0 Å². The van der Waals surface area contributed by atoms with Gasteiger partial charge in [0.05, 0.1) is 5.69 Å². The number of fused-ring (bicyclic) bond motifs is 12. The topological polar surface area (TPSA) is 51.6 Å². The van der Waals surface area contributed by atoms with Gasteiger partial charge in [-0.2, -0.15) is 0 Å². The molecule has 3 aromatic heterocycles. The third-order valence-electron chi connectivity index (χ3n) is 10.4. The Balaban J connectivity index is 1.18. The van der Waals surface area contributed by atoms with Crippen LogP contribution >= 0.6 is 11.3 Å². The molecule has 0 aliphatic heterocycles. The summed E-state index contributed by atoms with van der Waals surface area (Å²) < 4.78 is 2.51. The lowest BCUT2D eigenvalue weighted by Crippen LogP contribution is -2.00. The van der Waals surface area contributed by atoms with Crippen molar-refractivity contribution < 1.29 is 0 Å². The molecule has 3 heterocycles. The van der Waals surface area contributed by atoms with Crippen LogP contribution < -0.4 is 0 Å². The van der Waals surface area contributed by atoms with E-state index >= 15 is 0 Å². The fourth-order valence-corrected chi connectivity index (χ4v) is 9.26. The Morgan fingerprint density at radius 2 is 0.868 bits per heavy atom. The molecule has 246 valence electrons. The van der Waals surface area contributed by atoms with Crippen molar-refractivity contribution in [3.05, 3.63) is 170 Å². The highest BCUT2D eigenvalue weighted by molar-refractivity contribution is 7.27. The van der Waals surface area contributed by atoms with Gasteiger partial charge in [-0.3, -0.25) is 4.98 Å². The van der Waals surface area contributed by atoms with E-state index < -0.39 is 0 Å². The van der Waals surface area contributed by atoms with E-state index in [4.69, 9.17) is 15.0 Å². The number of hydrogen-bond donors (Lipinski definition) is 0. The second-order valence-electron chi connectivity index (χ2n) is 13.4. The molecule has 8 aromatic carbocycles. The van der Waals surface area contributed by atoms with E-state index in [1.54, 1.807) is 0 Å². The molecule has 53 heavy (non-hydrogen) atoms. The Kier molecular flexibility index (Phi) is 6.69. The largest absolute Gasteiger partial charge is 0.256 e. The summed E-state index contributed by atoms with van der Waals surface area (Å²) in [5, 5.41) is 12.6. The lowest BCUT2D eigenvalue weighted by atomic mass is 9.92. The molecule has 0 aliphatic carbocycles. The van der Waals surface area contributed by atoms with Crippen LogP contribution in [0.1, 0.15) is 0 Å². The van der Waals surface area contributed by atoms with Crippen molar-refractivity contribution in [3.8, 4) is 45.4 Å². The minimum Gasteiger partial charge on any atom is -0.256 e. The van der Waals surface area contributed by atoms with Crippen LogP contribution in [-0.4, -0.2) is 19.9 Å². The molecular formula is C48H28N4S. The predicted molar refractivity (Wildman–Crippen MR) is 222 cm³/mol. The zero-order chi connectivity index (χ0) is 34.9. The second kappa shape index (κ2) is 11.9. The first-order valence-electron chi connectivity index (χ1n) is 17.7. The fraction of sp³-hybridized carbons (Fsp3) is 0. The lowest BCUT2D eigenvalue weighted by molar-refractivity contribution is 1.08. The average molecular weight is 693 g/mol. The van der Waals surface area contributed by atoms with Crippen molar-refractivity contribution in [1.82, 2.24) is 19.9 Å². The molecule has 0 unspecified atom stereocenters. The molecule has 4 nitrogen and oxygen atoms in total. The molecule has 0 fully saturated rings. The standard InChI is InChI=1S/C48H28N4S/c1-2-12-30(13-3-1)46-50-47(31-23-21-29(22-24-31)41-20-10-11-27-49-41)52-48(51-46)40-28-42-43(36-18-8-7-17-35(36)40)39-26-25-38-34-16-5-4-14-32(34)33-15-6-9-19-37(33)44(38)45(39)53-42/h1-28H. The van der Waals surface area contributed by atoms with E-state index in [1.807, 2.05) is 53.9 Å². The Bertz CT molecular complexity index is 3170. The summed E-state index contributed by atoms with van der Waals surface area (Å²) in [6.07, 6.45) is 1.82. The van der Waals surface area contributed by atoms with Gasteiger partial charge >= 0.3 is 0 Å². The highest BCUT2D eigenvalue weighted by Gasteiger charge is 2.20. The molecule has 0 amide bonds. The average Bonchev–Trinajstić information content (AvgIpc) is 3.63. The maximum Gasteiger partial charge on any atom is 0.164 e. The summed E-state index contributed by atoms with van der Waals surface area (Å²) in [7, 11) is 0. The van der Waals surface area contributed by atoms with Gasteiger partial charge in [-0.1, -0.05) is 146 Å². The molecule has 0 radical (unpaired) electrons. The Morgan fingerprint density at radius 3 is 1.55 bits per heavy atom. The van der Waals surface area contributed by atoms with Crippen LogP contribution in [-0.2, 0) is 0 Å². The van der Waals surface area contributed by atoms with Gasteiger partial charge in [0.15, 0.2) is 17.5 Å². The highest BCUT2D eigenvalue weighted by atomic mass is 32.1. The maximum atomic E-state index is 5.20. The minimum atomic E-state index is 0.631. The molecule has 0 saturated heterocycles. The molecule has 0 bridgehead atoms. The number of aromatic nitrogens is 4. The number of pyridine rings is 1. The van der Waals surface area contributed by atoms with Crippen molar-refractivity contribution in [2.45, 2.75) is 0 Å². The van der Waals surface area contributed by atoms with E-state index in [0.717, 1.165) is 33.3 Å². The van der Waals surface area contributed by atoms with Crippen molar-refractivity contribution in [1.29, 1.82) is 0 Å².